The average Bonchev–Trinajstić information content (AvgIpc) is 2.98. The second-order valence-corrected chi connectivity index (χ2v) is 5.97. The van der Waals surface area contributed by atoms with Crippen LogP contribution in [0.2, 0.25) is 0 Å². The second kappa shape index (κ2) is 7.85. The molecule has 126 valence electrons. The van der Waals surface area contributed by atoms with Gasteiger partial charge in [-0.15, -0.1) is 0 Å². The fourth-order valence-electron chi connectivity index (χ4n) is 2.10. The fourth-order valence-corrected chi connectivity index (χ4v) is 2.10. The van der Waals surface area contributed by atoms with E-state index in [0.29, 0.717) is 30.4 Å². The van der Waals surface area contributed by atoms with Crippen molar-refractivity contribution < 1.29 is 23.8 Å². The number of hydrogen-bond donors (Lipinski definition) is 1. The number of carbonyl (C=O) groups excluding carboxylic acids is 2. The number of fused-ring (bicyclic) bond motifs is 1. The molecule has 6 nitrogen and oxygen atoms in total. The average molecular weight is 321 g/mol. The molecular weight excluding hydrogens is 298 g/mol. The van der Waals surface area contributed by atoms with Crippen LogP contribution in [0.25, 0.3) is 0 Å². The van der Waals surface area contributed by atoms with Gasteiger partial charge in [0.2, 0.25) is 6.79 Å². The van der Waals surface area contributed by atoms with Crippen molar-refractivity contribution in [2.45, 2.75) is 46.3 Å². The van der Waals surface area contributed by atoms with Crippen LogP contribution in [0.15, 0.2) is 18.2 Å². The number of amides is 1. The van der Waals surface area contributed by atoms with Crippen molar-refractivity contribution in [3.63, 3.8) is 0 Å². The van der Waals surface area contributed by atoms with Crippen molar-refractivity contribution in [3.8, 4) is 11.5 Å². The highest BCUT2D eigenvalue weighted by atomic mass is 16.7. The van der Waals surface area contributed by atoms with Crippen LogP contribution in [-0.2, 0) is 20.9 Å². The quantitative estimate of drug-likeness (QED) is 0.781. The molecule has 0 unspecified atom stereocenters. The fraction of sp³-hybridized carbons (Fsp3) is 0.529. The Morgan fingerprint density at radius 1 is 1.22 bits per heavy atom. The zero-order chi connectivity index (χ0) is 16.8. The lowest BCUT2D eigenvalue weighted by Crippen LogP contribution is -2.35. The number of esters is 1. The van der Waals surface area contributed by atoms with Gasteiger partial charge >= 0.3 is 5.97 Å². The van der Waals surface area contributed by atoms with Gasteiger partial charge in [-0.25, -0.2) is 0 Å². The molecule has 23 heavy (non-hydrogen) atoms. The lowest BCUT2D eigenvalue weighted by Gasteiger charge is -2.14. The van der Waals surface area contributed by atoms with E-state index >= 15 is 0 Å². The molecule has 0 aliphatic carbocycles. The van der Waals surface area contributed by atoms with Crippen molar-refractivity contribution in [1.82, 2.24) is 5.32 Å². The summed E-state index contributed by atoms with van der Waals surface area (Å²) in [6, 6.07) is 5.48. The molecule has 0 saturated heterocycles. The van der Waals surface area contributed by atoms with E-state index in [-0.39, 0.29) is 18.7 Å². The standard InChI is InChI=1S/C17H23NO5/c1-11(2)4-7-16(19)23-12(3)17(20)18-9-13-5-6-14-15(8-13)22-10-21-14/h5-6,8,11-12H,4,7,9-10H2,1-3H3,(H,18,20)/t12-/m1/s1. The van der Waals surface area contributed by atoms with Gasteiger partial charge in [0.15, 0.2) is 17.6 Å². The molecule has 1 aliphatic heterocycles. The maximum atomic E-state index is 12.0. The van der Waals surface area contributed by atoms with E-state index in [2.05, 4.69) is 5.32 Å². The van der Waals surface area contributed by atoms with Crippen LogP contribution in [-0.4, -0.2) is 24.8 Å². The molecule has 0 fully saturated rings. The highest BCUT2D eigenvalue weighted by Gasteiger charge is 2.18. The monoisotopic (exact) mass is 321 g/mol. The van der Waals surface area contributed by atoms with E-state index in [1.165, 1.54) is 0 Å². The van der Waals surface area contributed by atoms with Crippen molar-refractivity contribution in [2.24, 2.45) is 5.92 Å². The highest BCUT2D eigenvalue weighted by Crippen LogP contribution is 2.32. The minimum absolute atomic E-state index is 0.217. The number of benzene rings is 1. The zero-order valence-electron chi connectivity index (χ0n) is 13.8. The first-order valence-electron chi connectivity index (χ1n) is 7.81. The molecule has 1 amide bonds. The van der Waals surface area contributed by atoms with Gasteiger partial charge in [-0.1, -0.05) is 19.9 Å². The summed E-state index contributed by atoms with van der Waals surface area (Å²) in [5.41, 5.74) is 0.890. The Hall–Kier alpha value is -2.24. The van der Waals surface area contributed by atoms with Crippen molar-refractivity contribution in [1.29, 1.82) is 0 Å². The molecule has 0 radical (unpaired) electrons. The normalized spacial score (nSPS) is 13.7. The van der Waals surface area contributed by atoms with Gasteiger partial charge in [0.25, 0.3) is 5.91 Å². The van der Waals surface area contributed by atoms with Crippen LogP contribution in [0.4, 0.5) is 0 Å². The maximum absolute atomic E-state index is 12.0. The highest BCUT2D eigenvalue weighted by molar-refractivity contribution is 5.83. The molecular formula is C17H23NO5. The summed E-state index contributed by atoms with van der Waals surface area (Å²) in [6.45, 7) is 6.20. The van der Waals surface area contributed by atoms with E-state index < -0.39 is 6.10 Å². The van der Waals surface area contributed by atoms with Gasteiger partial charge in [-0.3, -0.25) is 9.59 Å². The summed E-state index contributed by atoms with van der Waals surface area (Å²) in [5, 5.41) is 2.75. The van der Waals surface area contributed by atoms with Crippen LogP contribution in [0.1, 0.15) is 39.2 Å². The van der Waals surface area contributed by atoms with Gasteiger partial charge in [-0.2, -0.15) is 0 Å². The first kappa shape index (κ1) is 17.1. The number of carbonyl (C=O) groups is 2. The van der Waals surface area contributed by atoms with Gasteiger partial charge in [0.05, 0.1) is 0 Å². The topological polar surface area (TPSA) is 73.9 Å². The molecule has 1 atom stereocenters. The molecule has 1 aliphatic rings. The van der Waals surface area contributed by atoms with E-state index in [0.717, 1.165) is 12.0 Å². The van der Waals surface area contributed by atoms with Crippen molar-refractivity contribution in [3.05, 3.63) is 23.8 Å². The Morgan fingerprint density at radius 2 is 1.96 bits per heavy atom. The molecule has 0 bridgehead atoms. The Kier molecular flexibility index (Phi) is 5.84. The molecule has 1 aromatic rings. The van der Waals surface area contributed by atoms with E-state index in [9.17, 15) is 9.59 Å². The first-order valence-corrected chi connectivity index (χ1v) is 7.81. The van der Waals surface area contributed by atoms with Crippen LogP contribution in [0.5, 0.6) is 11.5 Å². The molecule has 0 aromatic heterocycles. The Morgan fingerprint density at radius 3 is 2.70 bits per heavy atom. The predicted octanol–water partition coefficient (Wildman–Crippen LogP) is 2.40. The van der Waals surface area contributed by atoms with Crippen LogP contribution in [0, 0.1) is 5.92 Å². The molecule has 1 heterocycles. The lowest BCUT2D eigenvalue weighted by atomic mass is 10.1. The number of nitrogens with one attached hydrogen (secondary N) is 1. The summed E-state index contributed by atoms with van der Waals surface area (Å²) >= 11 is 0. The van der Waals surface area contributed by atoms with E-state index in [4.69, 9.17) is 14.2 Å². The minimum atomic E-state index is -0.802. The van der Waals surface area contributed by atoms with Crippen molar-refractivity contribution >= 4 is 11.9 Å². The third kappa shape index (κ3) is 5.16. The third-order valence-electron chi connectivity index (χ3n) is 3.51. The maximum Gasteiger partial charge on any atom is 0.306 e. The minimum Gasteiger partial charge on any atom is -0.454 e. The van der Waals surface area contributed by atoms with Gasteiger partial charge in [0, 0.05) is 13.0 Å². The molecule has 1 aromatic carbocycles. The Balaban J connectivity index is 1.76. The molecule has 1 N–H and O–H groups in total. The molecule has 0 saturated carbocycles. The molecule has 6 heteroatoms. The Bertz CT molecular complexity index is 570. The number of rotatable bonds is 7. The Labute approximate surface area is 136 Å². The summed E-state index contributed by atoms with van der Waals surface area (Å²) in [6.07, 6.45) is 0.283. The van der Waals surface area contributed by atoms with Gasteiger partial charge in [-0.05, 0) is 37.0 Å². The summed E-state index contributed by atoms with van der Waals surface area (Å²) in [4.78, 5) is 23.6. The SMILES string of the molecule is CC(C)CCC(=O)O[C@H](C)C(=O)NCc1ccc2c(c1)OCO2. The second-order valence-electron chi connectivity index (χ2n) is 5.97. The lowest BCUT2D eigenvalue weighted by molar-refractivity contribution is -0.155. The number of hydrogen-bond acceptors (Lipinski definition) is 5. The van der Waals surface area contributed by atoms with E-state index in [1.54, 1.807) is 13.0 Å². The van der Waals surface area contributed by atoms with Gasteiger partial charge in [0.1, 0.15) is 0 Å². The first-order chi connectivity index (χ1) is 11.0. The number of ether oxygens (including phenoxy) is 3. The van der Waals surface area contributed by atoms with Crippen molar-refractivity contribution in [2.75, 3.05) is 6.79 Å². The third-order valence-corrected chi connectivity index (χ3v) is 3.51. The largest absolute Gasteiger partial charge is 0.454 e. The smallest absolute Gasteiger partial charge is 0.306 e. The molecule has 2 rings (SSSR count). The zero-order valence-corrected chi connectivity index (χ0v) is 13.8. The van der Waals surface area contributed by atoms with E-state index in [1.807, 2.05) is 26.0 Å². The summed E-state index contributed by atoms with van der Waals surface area (Å²) in [7, 11) is 0. The van der Waals surface area contributed by atoms with Gasteiger partial charge < -0.3 is 19.5 Å². The van der Waals surface area contributed by atoms with Crippen LogP contribution in [0.3, 0.4) is 0 Å². The molecule has 0 spiro atoms. The van der Waals surface area contributed by atoms with Crippen LogP contribution < -0.4 is 14.8 Å². The summed E-state index contributed by atoms with van der Waals surface area (Å²) < 4.78 is 15.7. The summed E-state index contributed by atoms with van der Waals surface area (Å²) in [5.74, 6) is 1.14. The van der Waals surface area contributed by atoms with Crippen LogP contribution >= 0.6 is 0 Å². The predicted molar refractivity (Wildman–Crippen MR) is 84.0 cm³/mol.